The van der Waals surface area contributed by atoms with E-state index in [0.717, 1.165) is 5.01 Å². The summed E-state index contributed by atoms with van der Waals surface area (Å²) in [6.45, 7) is 2.78. The van der Waals surface area contributed by atoms with Crippen LogP contribution in [0.1, 0.15) is 34.8 Å². The molecular formula is C11H14N2O3S. The number of rotatable bonds is 3. The van der Waals surface area contributed by atoms with Gasteiger partial charge >= 0.3 is 5.97 Å². The number of ether oxygens (including phenoxy) is 1. The summed E-state index contributed by atoms with van der Waals surface area (Å²) in [7, 11) is 1.78. The van der Waals surface area contributed by atoms with Crippen LogP contribution in [-0.2, 0) is 9.53 Å². The molecule has 92 valence electrons. The summed E-state index contributed by atoms with van der Waals surface area (Å²) in [6, 6.07) is 0. The first-order chi connectivity index (χ1) is 8.11. The lowest BCUT2D eigenvalue weighted by atomic mass is 10.1. The van der Waals surface area contributed by atoms with Crippen molar-refractivity contribution in [2.75, 3.05) is 20.2 Å². The molecule has 5 nitrogen and oxygen atoms in total. The number of thiazole rings is 1. The van der Waals surface area contributed by atoms with Crippen LogP contribution in [0, 0.1) is 0 Å². The first kappa shape index (κ1) is 12.0. The minimum Gasteiger partial charge on any atom is -0.461 e. The molecule has 1 fully saturated rings. The first-order valence-electron chi connectivity index (χ1n) is 5.48. The van der Waals surface area contributed by atoms with Gasteiger partial charge in [-0.05, 0) is 6.92 Å². The van der Waals surface area contributed by atoms with E-state index in [1.165, 1.54) is 11.3 Å². The SMILES string of the molecule is CCOC(=O)c1csc(C2CC(=O)N(C)C2)n1. The van der Waals surface area contributed by atoms with Crippen LogP contribution in [0.5, 0.6) is 0 Å². The van der Waals surface area contributed by atoms with Crippen molar-refractivity contribution >= 4 is 23.2 Å². The Morgan fingerprint density at radius 3 is 3.06 bits per heavy atom. The van der Waals surface area contributed by atoms with Crippen molar-refractivity contribution in [2.45, 2.75) is 19.3 Å². The number of nitrogens with zero attached hydrogens (tertiary/aromatic N) is 2. The van der Waals surface area contributed by atoms with Crippen LogP contribution >= 0.6 is 11.3 Å². The van der Waals surface area contributed by atoms with Gasteiger partial charge in [-0.2, -0.15) is 0 Å². The van der Waals surface area contributed by atoms with Gasteiger partial charge in [-0.15, -0.1) is 11.3 Å². The van der Waals surface area contributed by atoms with E-state index in [0.29, 0.717) is 25.3 Å². The molecule has 1 aliphatic rings. The highest BCUT2D eigenvalue weighted by Crippen LogP contribution is 2.29. The van der Waals surface area contributed by atoms with Gasteiger partial charge in [0, 0.05) is 31.3 Å². The fraction of sp³-hybridized carbons (Fsp3) is 0.545. The van der Waals surface area contributed by atoms with Crippen molar-refractivity contribution in [3.63, 3.8) is 0 Å². The van der Waals surface area contributed by atoms with Crippen molar-refractivity contribution in [2.24, 2.45) is 0 Å². The van der Waals surface area contributed by atoms with Gasteiger partial charge in [-0.3, -0.25) is 4.79 Å². The van der Waals surface area contributed by atoms with Gasteiger partial charge in [0.25, 0.3) is 0 Å². The van der Waals surface area contributed by atoms with E-state index < -0.39 is 5.97 Å². The topological polar surface area (TPSA) is 59.5 Å². The molecule has 2 heterocycles. The molecule has 0 saturated carbocycles. The monoisotopic (exact) mass is 254 g/mol. The summed E-state index contributed by atoms with van der Waals surface area (Å²) < 4.78 is 4.87. The van der Waals surface area contributed by atoms with Gasteiger partial charge in [0.1, 0.15) is 0 Å². The molecule has 0 aliphatic carbocycles. The highest BCUT2D eigenvalue weighted by molar-refractivity contribution is 7.09. The van der Waals surface area contributed by atoms with E-state index >= 15 is 0 Å². The molecule has 2 rings (SSSR count). The Morgan fingerprint density at radius 2 is 2.47 bits per heavy atom. The average Bonchev–Trinajstić information content (AvgIpc) is 2.87. The Kier molecular flexibility index (Phi) is 3.42. The van der Waals surface area contributed by atoms with Crippen molar-refractivity contribution < 1.29 is 14.3 Å². The maximum absolute atomic E-state index is 11.4. The predicted octanol–water partition coefficient (Wildman–Crippen LogP) is 1.27. The second-order valence-corrected chi connectivity index (χ2v) is 4.86. The fourth-order valence-electron chi connectivity index (χ4n) is 1.80. The molecule has 0 spiro atoms. The molecule has 1 aromatic rings. The Balaban J connectivity index is 2.09. The summed E-state index contributed by atoms with van der Waals surface area (Å²) in [5, 5.41) is 2.53. The van der Waals surface area contributed by atoms with Gasteiger partial charge in [0.2, 0.25) is 5.91 Å². The van der Waals surface area contributed by atoms with Crippen LogP contribution in [-0.4, -0.2) is 42.0 Å². The molecule has 1 atom stereocenters. The molecule has 1 aliphatic heterocycles. The van der Waals surface area contributed by atoms with Crippen LogP contribution in [0.15, 0.2) is 5.38 Å². The molecular weight excluding hydrogens is 240 g/mol. The Morgan fingerprint density at radius 1 is 1.71 bits per heavy atom. The Bertz CT molecular complexity index is 444. The third-order valence-corrected chi connectivity index (χ3v) is 3.70. The molecule has 1 saturated heterocycles. The van der Waals surface area contributed by atoms with Gasteiger partial charge in [-0.1, -0.05) is 0 Å². The lowest BCUT2D eigenvalue weighted by Gasteiger charge is -2.07. The second-order valence-electron chi connectivity index (χ2n) is 3.97. The summed E-state index contributed by atoms with van der Waals surface area (Å²) in [6.07, 6.45) is 0.478. The molecule has 0 radical (unpaired) electrons. The fourth-order valence-corrected chi connectivity index (χ4v) is 2.69. The van der Waals surface area contributed by atoms with Crippen LogP contribution < -0.4 is 0 Å². The third kappa shape index (κ3) is 2.46. The summed E-state index contributed by atoms with van der Waals surface area (Å²) in [5.74, 6) is -0.156. The lowest BCUT2D eigenvalue weighted by molar-refractivity contribution is -0.126. The highest BCUT2D eigenvalue weighted by Gasteiger charge is 2.30. The number of hydrogen-bond acceptors (Lipinski definition) is 5. The number of carbonyl (C=O) groups excluding carboxylic acids is 2. The van der Waals surface area contributed by atoms with Crippen molar-refractivity contribution in [1.29, 1.82) is 0 Å². The van der Waals surface area contributed by atoms with Crippen LogP contribution in [0.25, 0.3) is 0 Å². The van der Waals surface area contributed by atoms with E-state index in [-0.39, 0.29) is 11.8 Å². The van der Waals surface area contributed by atoms with Crippen molar-refractivity contribution in [3.8, 4) is 0 Å². The molecule has 0 bridgehead atoms. The normalized spacial score (nSPS) is 19.8. The minimum atomic E-state index is -0.396. The Labute approximate surface area is 103 Å². The molecule has 6 heteroatoms. The standard InChI is InChI=1S/C11H14N2O3S/c1-3-16-11(15)8-6-17-10(12-8)7-4-9(14)13(2)5-7/h6-7H,3-5H2,1-2H3. The number of likely N-dealkylation sites (N-methyl/N-ethyl adjacent to an activating group) is 1. The van der Waals surface area contributed by atoms with E-state index in [4.69, 9.17) is 4.74 Å². The predicted molar refractivity (Wildman–Crippen MR) is 63.1 cm³/mol. The first-order valence-corrected chi connectivity index (χ1v) is 6.36. The van der Waals surface area contributed by atoms with Crippen LogP contribution in [0.4, 0.5) is 0 Å². The number of aromatic nitrogens is 1. The third-order valence-electron chi connectivity index (χ3n) is 2.70. The highest BCUT2D eigenvalue weighted by atomic mass is 32.1. The number of amides is 1. The van der Waals surface area contributed by atoms with Crippen LogP contribution in [0.3, 0.4) is 0 Å². The molecule has 1 unspecified atom stereocenters. The Hall–Kier alpha value is -1.43. The molecule has 1 amide bonds. The van der Waals surface area contributed by atoms with Crippen LogP contribution in [0.2, 0.25) is 0 Å². The molecule has 1 aromatic heterocycles. The second kappa shape index (κ2) is 4.83. The minimum absolute atomic E-state index is 0.112. The smallest absolute Gasteiger partial charge is 0.357 e. The number of hydrogen-bond donors (Lipinski definition) is 0. The van der Waals surface area contributed by atoms with E-state index in [9.17, 15) is 9.59 Å². The van der Waals surface area contributed by atoms with Gasteiger partial charge in [0.15, 0.2) is 5.69 Å². The summed E-state index contributed by atoms with van der Waals surface area (Å²) >= 11 is 1.41. The molecule has 0 aromatic carbocycles. The van der Waals surface area contributed by atoms with Crippen molar-refractivity contribution in [1.82, 2.24) is 9.88 Å². The quantitative estimate of drug-likeness (QED) is 0.762. The van der Waals surface area contributed by atoms with Gasteiger partial charge in [-0.25, -0.2) is 9.78 Å². The average molecular weight is 254 g/mol. The van der Waals surface area contributed by atoms with Gasteiger partial charge in [0.05, 0.1) is 11.6 Å². The zero-order valence-corrected chi connectivity index (χ0v) is 10.6. The maximum atomic E-state index is 11.4. The largest absolute Gasteiger partial charge is 0.461 e. The van der Waals surface area contributed by atoms with Gasteiger partial charge < -0.3 is 9.64 Å². The lowest BCUT2D eigenvalue weighted by Crippen LogP contribution is -2.18. The maximum Gasteiger partial charge on any atom is 0.357 e. The van der Waals surface area contributed by atoms with E-state index in [1.807, 2.05) is 0 Å². The summed E-state index contributed by atoms with van der Waals surface area (Å²) in [4.78, 5) is 28.8. The van der Waals surface area contributed by atoms with E-state index in [1.54, 1.807) is 24.3 Å². The zero-order chi connectivity index (χ0) is 12.4. The van der Waals surface area contributed by atoms with E-state index in [2.05, 4.69) is 4.98 Å². The number of carbonyl (C=O) groups is 2. The van der Waals surface area contributed by atoms with Crippen molar-refractivity contribution in [3.05, 3.63) is 16.1 Å². The molecule has 17 heavy (non-hydrogen) atoms. The molecule has 0 N–H and O–H groups in total. The number of likely N-dealkylation sites (tertiary alicyclic amines) is 1. The zero-order valence-electron chi connectivity index (χ0n) is 9.80. The summed E-state index contributed by atoms with van der Waals surface area (Å²) in [5.41, 5.74) is 0.342. The number of esters is 1.